The molecule has 0 N–H and O–H groups in total. The summed E-state index contributed by atoms with van der Waals surface area (Å²) in [7, 11) is 4.95. The zero-order valence-corrected chi connectivity index (χ0v) is 8.95. The summed E-state index contributed by atoms with van der Waals surface area (Å²) < 4.78 is 1.38. The van der Waals surface area contributed by atoms with Crippen LogP contribution in [0.4, 0.5) is 0 Å². The van der Waals surface area contributed by atoms with Gasteiger partial charge in [0.05, 0.1) is 5.66 Å². The summed E-state index contributed by atoms with van der Waals surface area (Å²) in [6, 6.07) is 4.23. The zero-order chi connectivity index (χ0) is 8.48. The summed E-state index contributed by atoms with van der Waals surface area (Å²) in [4.78, 5) is 0. The first-order chi connectivity index (χ1) is 5.05. The van der Waals surface area contributed by atoms with Crippen molar-refractivity contribution in [3.63, 3.8) is 0 Å². The predicted octanol–water partition coefficient (Wildman–Crippen LogP) is 2.51. The van der Waals surface area contributed by atoms with Crippen LogP contribution in [0.2, 0.25) is 0 Å². The summed E-state index contributed by atoms with van der Waals surface area (Å²) in [6.45, 7) is 6.60. The van der Waals surface area contributed by atoms with E-state index in [4.69, 9.17) is 7.57 Å². The molecule has 0 aliphatic carbocycles. The summed E-state index contributed by atoms with van der Waals surface area (Å²) in [5.41, 5.74) is 0.598. The molecule has 0 aliphatic heterocycles. The molecule has 1 unspecified atom stereocenters. The van der Waals surface area contributed by atoms with Crippen LogP contribution in [0, 0.1) is 0 Å². The van der Waals surface area contributed by atoms with Crippen LogP contribution >= 0.6 is 18.5 Å². The van der Waals surface area contributed by atoms with E-state index >= 15 is 0 Å². The molecule has 11 heavy (non-hydrogen) atoms. The van der Waals surface area contributed by atoms with Gasteiger partial charge in [-0.1, -0.05) is 0 Å². The molecule has 0 spiro atoms. The van der Waals surface area contributed by atoms with Crippen molar-refractivity contribution < 1.29 is 0 Å². The lowest BCUT2D eigenvalue weighted by molar-refractivity contribution is 1.09. The number of thiophene rings is 1. The fourth-order valence-corrected chi connectivity index (χ4v) is 3.89. The average molecular weight is 183 g/mol. The second-order valence-corrected chi connectivity index (χ2v) is 8.25. The minimum absolute atomic E-state index is 0.598. The van der Waals surface area contributed by atoms with Gasteiger partial charge in [0.2, 0.25) is 0 Å². The monoisotopic (exact) mass is 183 g/mol. The Hall–Kier alpha value is 0.195. The van der Waals surface area contributed by atoms with Gasteiger partial charge in [-0.15, -0.1) is 11.3 Å². The average Bonchev–Trinajstić information content (AvgIpc) is 2.37. The van der Waals surface area contributed by atoms with E-state index in [1.807, 2.05) is 0 Å². The third kappa shape index (κ3) is 1.86. The Morgan fingerprint density at radius 1 is 1.55 bits per heavy atom. The lowest BCUT2D eigenvalue weighted by Crippen LogP contribution is -2.14. The second kappa shape index (κ2) is 3.29. The quantitative estimate of drug-likeness (QED) is 0.488. The van der Waals surface area contributed by atoms with Gasteiger partial charge in [-0.3, -0.25) is 0 Å². The lowest BCUT2D eigenvalue weighted by Gasteiger charge is -2.20. The molecule has 1 aromatic heterocycles. The summed E-state index contributed by atoms with van der Waals surface area (Å²) in [5.74, 6) is 0. The highest BCUT2D eigenvalue weighted by atomic mass is 32.1. The third-order valence-corrected chi connectivity index (χ3v) is 7.47. The van der Waals surface area contributed by atoms with Crippen molar-refractivity contribution in [2.75, 3.05) is 6.66 Å². The van der Waals surface area contributed by atoms with E-state index in [1.165, 1.54) is 4.62 Å². The maximum Gasteiger partial charge on any atom is 0.372 e. The first kappa shape index (κ1) is 9.28. The molecule has 58 valence electrons. The maximum atomic E-state index is 6.25. The topological polar surface area (TPSA) is 0 Å². The highest BCUT2D eigenvalue weighted by Crippen LogP contribution is 2.54. The van der Waals surface area contributed by atoms with Crippen LogP contribution in [-0.2, 0) is 0 Å². The van der Waals surface area contributed by atoms with Crippen molar-refractivity contribution in [1.29, 1.82) is 0 Å². The van der Waals surface area contributed by atoms with Crippen molar-refractivity contribution in [1.82, 2.24) is 0 Å². The Balaban J connectivity index is 2.90. The Labute approximate surface area is 74.7 Å². The smallest absolute Gasteiger partial charge is 0.109 e. The standard InChI is InChI=1S/C8H13BPS/c1-7(2)10(3,9)8-5-4-6-11-8/h4-7H,1-3H3/q+1. The summed E-state index contributed by atoms with van der Waals surface area (Å²) in [5, 5.41) is 2.10. The van der Waals surface area contributed by atoms with Crippen LogP contribution in [0.1, 0.15) is 13.8 Å². The molecule has 1 rings (SSSR count). The second-order valence-electron chi connectivity index (χ2n) is 3.19. The van der Waals surface area contributed by atoms with Gasteiger partial charge in [0.25, 0.3) is 0 Å². The SMILES string of the molecule is [B][P+](C)(c1cccs1)C(C)C. The van der Waals surface area contributed by atoms with E-state index in [2.05, 4.69) is 38.0 Å². The van der Waals surface area contributed by atoms with Gasteiger partial charge in [0, 0.05) is 13.8 Å². The fourth-order valence-electron chi connectivity index (χ4n) is 0.799. The molecule has 0 amide bonds. The maximum absolute atomic E-state index is 6.25. The van der Waals surface area contributed by atoms with Gasteiger partial charge >= 0.3 is 7.57 Å². The molecule has 0 nitrogen and oxygen atoms in total. The predicted molar refractivity (Wildman–Crippen MR) is 57.7 cm³/mol. The minimum Gasteiger partial charge on any atom is -0.109 e. The van der Waals surface area contributed by atoms with Crippen molar-refractivity contribution in [2.45, 2.75) is 19.5 Å². The third-order valence-electron chi connectivity index (χ3n) is 2.05. The molecule has 0 aromatic carbocycles. The van der Waals surface area contributed by atoms with E-state index in [-0.39, 0.29) is 0 Å². The van der Waals surface area contributed by atoms with E-state index in [9.17, 15) is 0 Å². The van der Waals surface area contributed by atoms with Crippen LogP contribution in [0.25, 0.3) is 0 Å². The molecule has 1 heterocycles. The van der Waals surface area contributed by atoms with Crippen LogP contribution < -0.4 is 4.62 Å². The summed E-state index contributed by atoms with van der Waals surface area (Å²) >= 11 is 1.78. The van der Waals surface area contributed by atoms with Gasteiger partial charge in [-0.05, 0) is 31.4 Å². The number of rotatable bonds is 2. The van der Waals surface area contributed by atoms with Crippen LogP contribution in [0.5, 0.6) is 0 Å². The summed E-state index contributed by atoms with van der Waals surface area (Å²) in [6.07, 6.45) is 0. The van der Waals surface area contributed by atoms with E-state index in [0.29, 0.717) is 5.66 Å². The molecule has 0 bridgehead atoms. The highest BCUT2D eigenvalue weighted by Gasteiger charge is 2.33. The van der Waals surface area contributed by atoms with Crippen molar-refractivity contribution in [3.05, 3.63) is 17.5 Å². The Bertz CT molecular complexity index is 216. The molecule has 0 saturated carbocycles. The zero-order valence-electron chi connectivity index (χ0n) is 7.24. The van der Waals surface area contributed by atoms with Gasteiger partial charge in [0.15, 0.2) is 0 Å². The van der Waals surface area contributed by atoms with Crippen molar-refractivity contribution in [3.8, 4) is 0 Å². The molecular formula is C8H13BPS+. The molecule has 0 saturated heterocycles. The van der Waals surface area contributed by atoms with Crippen molar-refractivity contribution in [2.24, 2.45) is 0 Å². The van der Waals surface area contributed by atoms with Crippen LogP contribution in [0.15, 0.2) is 17.5 Å². The highest BCUT2D eigenvalue weighted by molar-refractivity contribution is 8.05. The fraction of sp³-hybridized carbons (Fsp3) is 0.500. The molecule has 2 radical (unpaired) electrons. The van der Waals surface area contributed by atoms with Gasteiger partial charge in [0.1, 0.15) is 4.62 Å². The number of hydrogen-bond donors (Lipinski definition) is 0. The van der Waals surface area contributed by atoms with Crippen LogP contribution in [0.3, 0.4) is 0 Å². The Kier molecular flexibility index (Phi) is 2.77. The normalized spacial score (nSPS) is 16.7. The van der Waals surface area contributed by atoms with Gasteiger partial charge in [-0.2, -0.15) is 0 Å². The molecule has 1 aromatic rings. The van der Waals surface area contributed by atoms with Gasteiger partial charge < -0.3 is 0 Å². The van der Waals surface area contributed by atoms with Gasteiger partial charge in [-0.25, -0.2) is 0 Å². The largest absolute Gasteiger partial charge is 0.372 e. The molecular weight excluding hydrogens is 170 g/mol. The van der Waals surface area contributed by atoms with Crippen LogP contribution in [-0.4, -0.2) is 19.9 Å². The molecule has 1 atom stereocenters. The molecule has 0 aliphatic rings. The molecule has 0 fully saturated rings. The van der Waals surface area contributed by atoms with E-state index in [1.54, 1.807) is 11.3 Å². The minimum atomic E-state index is -1.30. The lowest BCUT2D eigenvalue weighted by atomic mass is 10.6. The first-order valence-electron chi connectivity index (χ1n) is 3.74. The van der Waals surface area contributed by atoms with E-state index in [0.717, 1.165) is 0 Å². The van der Waals surface area contributed by atoms with Crippen molar-refractivity contribution >= 4 is 30.7 Å². The van der Waals surface area contributed by atoms with E-state index < -0.39 is 7.14 Å². The first-order valence-corrected chi connectivity index (χ1v) is 6.99. The Morgan fingerprint density at radius 3 is 2.55 bits per heavy atom. The Morgan fingerprint density at radius 2 is 2.18 bits per heavy atom. The number of hydrogen-bond acceptors (Lipinski definition) is 1. The molecule has 3 heteroatoms.